The Morgan fingerprint density at radius 2 is 0.500 bits per heavy atom. The number of anilines is 9. The van der Waals surface area contributed by atoms with Crippen molar-refractivity contribution in [1.29, 1.82) is 0 Å². The number of hydrogen-bond acceptors (Lipinski definition) is 3. The fraction of sp³-hybridized carbons (Fsp3) is 0.0286. The van der Waals surface area contributed by atoms with E-state index in [2.05, 4.69) is 477 Å². The molecule has 0 aliphatic carbocycles. The number of para-hydroxylation sites is 2. The van der Waals surface area contributed by atoms with Crippen molar-refractivity contribution in [2.45, 2.75) is 19.3 Å². The maximum absolute atomic E-state index is 3.22. The van der Waals surface area contributed by atoms with Gasteiger partial charge in [-0.25, -0.2) is 0 Å². The summed E-state index contributed by atoms with van der Waals surface area (Å²) in [5.41, 5.74) is 18.4. The topological polar surface area (TPSA) is 9.72 Å². The van der Waals surface area contributed by atoms with Crippen LogP contribution in [-0.2, 0) is 5.41 Å². The van der Waals surface area contributed by atoms with Crippen molar-refractivity contribution < 1.29 is 0 Å². The Kier molecular flexibility index (Phi) is 17.1. The molecule has 0 amide bonds. The van der Waals surface area contributed by atoms with Gasteiger partial charge >= 0.3 is 0 Å². The number of benzene rings is 17. The molecule has 17 aromatic carbocycles. The zero-order chi connectivity index (χ0) is 74.8. The van der Waals surface area contributed by atoms with E-state index in [1.54, 1.807) is 0 Å². The van der Waals surface area contributed by atoms with Crippen LogP contribution >= 0.6 is 0 Å². The average Bonchev–Trinajstić information content (AvgIpc) is 0.686. The second kappa shape index (κ2) is 28.1. The van der Waals surface area contributed by atoms with Crippen molar-refractivity contribution >= 4 is 161 Å². The fourth-order valence-corrected chi connectivity index (χ4v) is 33.9. The van der Waals surface area contributed by atoms with Gasteiger partial charge in [0.1, 0.15) is 0 Å². The zero-order valence-electron chi connectivity index (χ0n) is 62.6. The van der Waals surface area contributed by atoms with Crippen molar-refractivity contribution in [3.63, 3.8) is 0 Å². The highest BCUT2D eigenvalue weighted by atomic mass is 28.3. The first kappa shape index (κ1) is 68.2. The number of rotatable bonds is 16. The minimum absolute atomic E-state index is 0.264. The predicted octanol–water partition coefficient (Wildman–Crippen LogP) is 15.7. The molecule has 3 aliphatic rings. The van der Waals surface area contributed by atoms with Crippen LogP contribution in [0.2, 0.25) is 0 Å². The van der Waals surface area contributed by atoms with Crippen molar-refractivity contribution in [3.05, 3.63) is 460 Å². The SMILES string of the molecule is CC1(C)c2ccccc2N(c2cc3c4c(c2)N(c2cccc([Si](c5ccccc5)(c5ccccc5)c5ccccc5)c2)c2cc([Si](c5ccccc5)(c5ccccc5)c5ccccc5)ccc2B4c2cc(-c4ccccc4)ccc2N3c2cccc([Si](c3ccccc3)(c3ccccc3)c3ccccc3)c2)c2ccccc21. The fourth-order valence-electron chi connectivity index (χ4n) is 19.6. The van der Waals surface area contributed by atoms with Crippen LogP contribution in [0, 0.1) is 0 Å². The van der Waals surface area contributed by atoms with E-state index in [9.17, 15) is 0 Å². The van der Waals surface area contributed by atoms with Crippen molar-refractivity contribution in [1.82, 2.24) is 0 Å². The quantitative estimate of drug-likeness (QED) is 0.0705. The molecule has 17 aromatic rings. The minimum Gasteiger partial charge on any atom is -0.311 e. The van der Waals surface area contributed by atoms with Gasteiger partial charge in [-0.3, -0.25) is 0 Å². The third-order valence-electron chi connectivity index (χ3n) is 24.4. The Morgan fingerprint density at radius 3 is 0.866 bits per heavy atom. The van der Waals surface area contributed by atoms with E-state index in [1.165, 1.54) is 101 Å². The lowest BCUT2D eigenvalue weighted by atomic mass is 9.33. The first-order chi connectivity index (χ1) is 55.3. The Balaban J connectivity index is 0.947. The Morgan fingerprint density at radius 1 is 0.196 bits per heavy atom. The standard InChI is InChI=1S/C105H80BN3Si3/c1-105(2)94-63-33-35-65-98(94)109(99-66-36-34-64-95(99)105)81-74-102-104-103(75-81)108(80-42-38-62-92(73-80)111(85-49-21-7-22-50-85,86-51-23-8-24-52-86)87-53-25-9-26-54-87)101-76-93(112(88-55-27-10-28-56-88,89-57-29-11-30-58-89)90-59-31-12-32-60-90)68-69-96(101)106(104)97-71-78(77-39-13-3-14-40-77)67-70-100(97)107(102)79-41-37-61-91(72-79)110(82-43-15-4-16-44-82,83-45-17-5-18-46-83)84-47-19-6-20-48-84/h3-76H,1-2H3. The minimum atomic E-state index is -3.22. The van der Waals surface area contributed by atoms with Crippen LogP contribution in [0.5, 0.6) is 0 Å². The summed E-state index contributed by atoms with van der Waals surface area (Å²) in [6.45, 7) is 4.54. The van der Waals surface area contributed by atoms with Gasteiger partial charge in [0.2, 0.25) is 0 Å². The first-order valence-electron chi connectivity index (χ1n) is 39.2. The summed E-state index contributed by atoms with van der Waals surface area (Å²) >= 11 is 0. The van der Waals surface area contributed by atoms with Gasteiger partial charge in [-0.05, 0) is 162 Å². The molecule has 0 spiro atoms. The predicted molar refractivity (Wildman–Crippen MR) is 484 cm³/mol. The molecule has 0 fully saturated rings. The molecule has 0 radical (unpaired) electrons. The van der Waals surface area contributed by atoms with Crippen LogP contribution in [0.15, 0.2) is 449 Å². The molecule has 3 aliphatic heterocycles. The maximum Gasteiger partial charge on any atom is 0.252 e. The summed E-state index contributed by atoms with van der Waals surface area (Å²) in [7, 11) is -9.50. The van der Waals surface area contributed by atoms with Crippen LogP contribution in [0.4, 0.5) is 51.2 Å². The molecule has 20 rings (SSSR count). The average molecular weight is 1480 g/mol. The van der Waals surface area contributed by atoms with E-state index in [0.717, 1.165) is 51.2 Å². The molecule has 0 unspecified atom stereocenters. The van der Waals surface area contributed by atoms with Gasteiger partial charge in [-0.1, -0.05) is 402 Å². The monoisotopic (exact) mass is 1480 g/mol. The molecule has 0 atom stereocenters. The van der Waals surface area contributed by atoms with Crippen LogP contribution in [0.3, 0.4) is 0 Å². The molecule has 112 heavy (non-hydrogen) atoms. The van der Waals surface area contributed by atoms with E-state index < -0.39 is 24.2 Å². The van der Waals surface area contributed by atoms with E-state index in [0.29, 0.717) is 0 Å². The second-order valence-corrected chi connectivity index (χ2v) is 42.0. The van der Waals surface area contributed by atoms with Crippen LogP contribution in [0.1, 0.15) is 25.0 Å². The van der Waals surface area contributed by atoms with Crippen molar-refractivity contribution in [2.24, 2.45) is 0 Å². The third-order valence-corrected chi connectivity index (χ3v) is 38.7. The molecule has 3 heterocycles. The van der Waals surface area contributed by atoms with Crippen LogP contribution in [0.25, 0.3) is 11.1 Å². The molecule has 0 saturated heterocycles. The number of hydrogen-bond donors (Lipinski definition) is 0. The number of nitrogens with zero attached hydrogens (tertiary/aromatic N) is 3. The van der Waals surface area contributed by atoms with Gasteiger partial charge in [0.25, 0.3) is 6.71 Å². The van der Waals surface area contributed by atoms with Gasteiger partial charge in [-0.15, -0.1) is 0 Å². The largest absolute Gasteiger partial charge is 0.311 e. The van der Waals surface area contributed by atoms with Gasteiger partial charge < -0.3 is 14.7 Å². The number of fused-ring (bicyclic) bond motifs is 6. The van der Waals surface area contributed by atoms with Crippen LogP contribution < -0.4 is 93.3 Å². The van der Waals surface area contributed by atoms with Crippen molar-refractivity contribution in [3.8, 4) is 11.1 Å². The van der Waals surface area contributed by atoms with E-state index >= 15 is 0 Å². The molecular weight excluding hydrogens is 1400 g/mol. The van der Waals surface area contributed by atoms with E-state index in [1.807, 2.05) is 0 Å². The molecule has 0 bridgehead atoms. The van der Waals surface area contributed by atoms with Gasteiger partial charge in [-0.2, -0.15) is 0 Å². The molecule has 7 heteroatoms. The summed E-state index contributed by atoms with van der Waals surface area (Å²) in [6, 6.07) is 172. The third kappa shape index (κ3) is 10.8. The Hall–Kier alpha value is -13.1. The normalized spacial score (nSPS) is 13.3. The summed E-state index contributed by atoms with van der Waals surface area (Å²) in [4.78, 5) is 7.99. The summed E-state index contributed by atoms with van der Waals surface area (Å²) in [5, 5.41) is 15.8. The molecule has 0 saturated carbocycles. The lowest BCUT2D eigenvalue weighted by Gasteiger charge is -2.47. The highest BCUT2D eigenvalue weighted by molar-refractivity contribution is 7.21. The molecular formula is C105H80BN3Si3. The Bertz CT molecular complexity index is 5960. The zero-order valence-corrected chi connectivity index (χ0v) is 65.6. The van der Waals surface area contributed by atoms with E-state index in [-0.39, 0.29) is 12.1 Å². The van der Waals surface area contributed by atoms with Crippen LogP contribution in [-0.4, -0.2) is 30.9 Å². The maximum atomic E-state index is 2.73. The lowest BCUT2D eigenvalue weighted by molar-refractivity contribution is 0.632. The van der Waals surface area contributed by atoms with Gasteiger partial charge in [0.15, 0.2) is 24.2 Å². The molecule has 3 nitrogen and oxygen atoms in total. The Labute approximate surface area is 661 Å². The lowest BCUT2D eigenvalue weighted by Crippen LogP contribution is -2.75. The highest BCUT2D eigenvalue weighted by Crippen LogP contribution is 2.54. The smallest absolute Gasteiger partial charge is 0.252 e. The van der Waals surface area contributed by atoms with Gasteiger partial charge in [0.05, 0.1) is 17.1 Å². The van der Waals surface area contributed by atoms with Crippen molar-refractivity contribution in [2.75, 3.05) is 14.7 Å². The van der Waals surface area contributed by atoms with Gasteiger partial charge in [0, 0.05) is 39.5 Å². The summed E-state index contributed by atoms with van der Waals surface area (Å²) < 4.78 is 0. The second-order valence-electron chi connectivity index (χ2n) is 30.6. The molecule has 0 N–H and O–H groups in total. The highest BCUT2D eigenvalue weighted by Gasteiger charge is 2.50. The molecule has 0 aromatic heterocycles. The summed E-state index contributed by atoms with van der Waals surface area (Å²) in [5.74, 6) is 0. The molecule has 530 valence electrons. The van der Waals surface area contributed by atoms with E-state index in [4.69, 9.17) is 0 Å². The summed E-state index contributed by atoms with van der Waals surface area (Å²) in [6.07, 6.45) is 0. The first-order valence-corrected chi connectivity index (χ1v) is 45.2.